The lowest BCUT2D eigenvalue weighted by atomic mass is 10.1. The van der Waals surface area contributed by atoms with Crippen LogP contribution in [-0.4, -0.2) is 25.2 Å². The van der Waals surface area contributed by atoms with Crippen LogP contribution < -0.4 is 10.6 Å². The quantitative estimate of drug-likeness (QED) is 0.635. The van der Waals surface area contributed by atoms with Gasteiger partial charge < -0.3 is 10.6 Å². The van der Waals surface area contributed by atoms with Crippen molar-refractivity contribution in [1.82, 2.24) is 10.6 Å². The third kappa shape index (κ3) is 2.96. The molecule has 0 bridgehead atoms. The summed E-state index contributed by atoms with van der Waals surface area (Å²) in [7, 11) is 0. The maximum atomic E-state index is 3.80. The zero-order chi connectivity index (χ0) is 8.93. The van der Waals surface area contributed by atoms with Gasteiger partial charge in [-0.15, -0.1) is 0 Å². The second kappa shape index (κ2) is 4.97. The highest BCUT2D eigenvalue weighted by Gasteiger charge is 2.19. The van der Waals surface area contributed by atoms with E-state index in [1.807, 2.05) is 0 Å². The third-order valence-corrected chi connectivity index (χ3v) is 3.39. The first-order valence-corrected chi connectivity index (χ1v) is 5.92. The predicted octanol–water partition coefficient (Wildman–Crippen LogP) is 1.66. The van der Waals surface area contributed by atoms with Gasteiger partial charge in [0.15, 0.2) is 0 Å². The van der Waals surface area contributed by atoms with E-state index in [2.05, 4.69) is 10.6 Å². The lowest BCUT2D eigenvalue weighted by Crippen LogP contribution is -2.39. The molecule has 2 heteroatoms. The smallest absolute Gasteiger partial charge is 0.0207 e. The van der Waals surface area contributed by atoms with Crippen molar-refractivity contribution in [2.75, 3.05) is 13.1 Å². The van der Waals surface area contributed by atoms with Gasteiger partial charge in [0.1, 0.15) is 0 Å². The van der Waals surface area contributed by atoms with Crippen molar-refractivity contribution in [1.29, 1.82) is 0 Å². The Morgan fingerprint density at radius 3 is 2.23 bits per heavy atom. The summed E-state index contributed by atoms with van der Waals surface area (Å²) in [5.74, 6) is 0. The van der Waals surface area contributed by atoms with Gasteiger partial charge in [-0.25, -0.2) is 0 Å². The molecular weight excluding hydrogens is 160 g/mol. The Bertz CT molecular complexity index is 133. The molecule has 2 fully saturated rings. The molecule has 13 heavy (non-hydrogen) atoms. The molecule has 1 saturated heterocycles. The summed E-state index contributed by atoms with van der Waals surface area (Å²) in [5.41, 5.74) is 0. The molecule has 2 nitrogen and oxygen atoms in total. The van der Waals surface area contributed by atoms with E-state index in [0.29, 0.717) is 0 Å². The van der Waals surface area contributed by atoms with Crippen LogP contribution in [0.3, 0.4) is 0 Å². The first-order valence-electron chi connectivity index (χ1n) is 5.92. The summed E-state index contributed by atoms with van der Waals surface area (Å²) in [4.78, 5) is 0. The van der Waals surface area contributed by atoms with Crippen LogP contribution in [0, 0.1) is 0 Å². The Hall–Kier alpha value is -0.0800. The van der Waals surface area contributed by atoms with Crippen molar-refractivity contribution >= 4 is 0 Å². The summed E-state index contributed by atoms with van der Waals surface area (Å²) in [5, 5.41) is 7.21. The second-order valence-corrected chi connectivity index (χ2v) is 4.54. The predicted molar refractivity (Wildman–Crippen MR) is 55.9 cm³/mol. The van der Waals surface area contributed by atoms with E-state index in [9.17, 15) is 0 Å². The molecule has 0 aromatic carbocycles. The van der Waals surface area contributed by atoms with Crippen LogP contribution in [-0.2, 0) is 0 Å². The van der Waals surface area contributed by atoms with Gasteiger partial charge in [0.25, 0.3) is 0 Å². The van der Waals surface area contributed by atoms with Crippen molar-refractivity contribution in [3.8, 4) is 0 Å². The van der Waals surface area contributed by atoms with Gasteiger partial charge in [0.2, 0.25) is 0 Å². The molecule has 1 atom stereocenters. The number of hydrogen-bond acceptors (Lipinski definition) is 2. The molecule has 1 saturated carbocycles. The highest BCUT2D eigenvalue weighted by Crippen LogP contribution is 2.18. The molecule has 76 valence electrons. The number of nitrogens with one attached hydrogen (secondary N) is 2. The summed E-state index contributed by atoms with van der Waals surface area (Å²) < 4.78 is 0. The Balaban J connectivity index is 1.71. The number of rotatable bonds is 2. The van der Waals surface area contributed by atoms with Crippen LogP contribution in [0.1, 0.15) is 44.9 Å². The van der Waals surface area contributed by atoms with E-state index in [1.165, 1.54) is 58.0 Å². The van der Waals surface area contributed by atoms with Crippen molar-refractivity contribution in [3.63, 3.8) is 0 Å². The van der Waals surface area contributed by atoms with Crippen LogP contribution in [0.2, 0.25) is 0 Å². The highest BCUT2D eigenvalue weighted by molar-refractivity contribution is 4.82. The van der Waals surface area contributed by atoms with Crippen LogP contribution >= 0.6 is 0 Å². The lowest BCUT2D eigenvalue weighted by Gasteiger charge is -2.20. The van der Waals surface area contributed by atoms with Crippen LogP contribution in [0.15, 0.2) is 0 Å². The van der Waals surface area contributed by atoms with Gasteiger partial charge in [-0.1, -0.05) is 25.7 Å². The van der Waals surface area contributed by atoms with E-state index < -0.39 is 0 Å². The van der Waals surface area contributed by atoms with E-state index in [4.69, 9.17) is 0 Å². The molecule has 0 radical (unpaired) electrons. The maximum absolute atomic E-state index is 3.80. The van der Waals surface area contributed by atoms with E-state index >= 15 is 0 Å². The zero-order valence-corrected chi connectivity index (χ0v) is 8.52. The zero-order valence-electron chi connectivity index (χ0n) is 8.52. The molecule has 2 rings (SSSR count). The fraction of sp³-hybridized carbons (Fsp3) is 1.00. The van der Waals surface area contributed by atoms with E-state index in [-0.39, 0.29) is 0 Å². The van der Waals surface area contributed by atoms with Crippen LogP contribution in [0.25, 0.3) is 0 Å². The molecule has 0 spiro atoms. The van der Waals surface area contributed by atoms with Crippen LogP contribution in [0.5, 0.6) is 0 Å². The first-order chi connectivity index (χ1) is 6.45. The molecule has 0 aromatic heterocycles. The Morgan fingerprint density at radius 1 is 0.846 bits per heavy atom. The summed E-state index contributed by atoms with van der Waals surface area (Å²) in [6, 6.07) is 1.59. The molecule has 1 heterocycles. The Labute approximate surface area is 81.5 Å². The second-order valence-electron chi connectivity index (χ2n) is 4.54. The standard InChI is InChI=1S/C11H22N2/c1-2-4-6-10(5-3-1)13-11-7-8-12-9-11/h10-13H,1-9H2. The molecule has 1 unspecified atom stereocenters. The van der Waals surface area contributed by atoms with Gasteiger partial charge in [0, 0.05) is 18.6 Å². The van der Waals surface area contributed by atoms with Crippen molar-refractivity contribution in [2.24, 2.45) is 0 Å². The van der Waals surface area contributed by atoms with E-state index in [1.54, 1.807) is 0 Å². The average molecular weight is 182 g/mol. The highest BCUT2D eigenvalue weighted by atomic mass is 15.0. The SMILES string of the molecule is C1CCCC(NC2CCNC2)CC1. The minimum atomic E-state index is 0.767. The van der Waals surface area contributed by atoms with Gasteiger partial charge in [-0.2, -0.15) is 0 Å². The Morgan fingerprint density at radius 2 is 1.62 bits per heavy atom. The van der Waals surface area contributed by atoms with E-state index in [0.717, 1.165) is 12.1 Å². The third-order valence-electron chi connectivity index (χ3n) is 3.39. The molecule has 2 N–H and O–H groups in total. The maximum Gasteiger partial charge on any atom is 0.0207 e. The fourth-order valence-corrected chi connectivity index (χ4v) is 2.58. The van der Waals surface area contributed by atoms with Gasteiger partial charge >= 0.3 is 0 Å². The molecular formula is C11H22N2. The van der Waals surface area contributed by atoms with Crippen molar-refractivity contribution < 1.29 is 0 Å². The lowest BCUT2D eigenvalue weighted by molar-refractivity contribution is 0.406. The molecule has 0 amide bonds. The van der Waals surface area contributed by atoms with Crippen molar-refractivity contribution in [2.45, 2.75) is 57.0 Å². The molecule has 0 aromatic rings. The topological polar surface area (TPSA) is 24.1 Å². The van der Waals surface area contributed by atoms with Crippen LogP contribution in [0.4, 0.5) is 0 Å². The van der Waals surface area contributed by atoms with Gasteiger partial charge in [-0.3, -0.25) is 0 Å². The molecule has 1 aliphatic heterocycles. The van der Waals surface area contributed by atoms with Gasteiger partial charge in [-0.05, 0) is 25.8 Å². The fourth-order valence-electron chi connectivity index (χ4n) is 2.58. The summed E-state index contributed by atoms with van der Waals surface area (Å²) in [6.45, 7) is 2.40. The summed E-state index contributed by atoms with van der Waals surface area (Å²) in [6.07, 6.45) is 9.96. The first kappa shape index (κ1) is 9.47. The van der Waals surface area contributed by atoms with Crippen molar-refractivity contribution in [3.05, 3.63) is 0 Å². The van der Waals surface area contributed by atoms with Gasteiger partial charge in [0.05, 0.1) is 0 Å². The average Bonchev–Trinajstić information content (AvgIpc) is 2.49. The monoisotopic (exact) mass is 182 g/mol. The largest absolute Gasteiger partial charge is 0.315 e. The minimum absolute atomic E-state index is 0.767. The summed E-state index contributed by atoms with van der Waals surface area (Å²) >= 11 is 0. The molecule has 1 aliphatic carbocycles. The minimum Gasteiger partial charge on any atom is -0.315 e. The number of hydrogen-bond donors (Lipinski definition) is 2. The molecule has 2 aliphatic rings. The Kier molecular flexibility index (Phi) is 3.62. The normalized spacial score (nSPS) is 31.8.